The molecule has 0 aliphatic carbocycles. The maximum Gasteiger partial charge on any atom is 0.269 e. The predicted molar refractivity (Wildman–Crippen MR) is 190 cm³/mol. The van der Waals surface area contributed by atoms with Crippen LogP contribution < -0.4 is 11.1 Å². The average Bonchev–Trinajstić information content (AvgIpc) is 3.15. The van der Waals surface area contributed by atoms with E-state index in [9.17, 15) is 19.7 Å². The number of nitrogens with zero attached hydrogens (tertiary/aromatic N) is 4. The van der Waals surface area contributed by atoms with E-state index in [2.05, 4.69) is 70.9 Å². The Morgan fingerprint density at radius 1 is 1.02 bits per heavy atom. The van der Waals surface area contributed by atoms with Crippen LogP contribution in [0.1, 0.15) is 55.2 Å². The van der Waals surface area contributed by atoms with Gasteiger partial charge < -0.3 is 25.6 Å². The number of likely N-dealkylation sites (tertiary alicyclic amines) is 1. The molecule has 2 aliphatic heterocycles. The predicted octanol–water partition coefficient (Wildman–Crippen LogP) is 4.78. The van der Waals surface area contributed by atoms with Crippen LogP contribution in [0.3, 0.4) is 0 Å². The van der Waals surface area contributed by atoms with E-state index in [0.717, 1.165) is 50.9 Å². The summed E-state index contributed by atoms with van der Waals surface area (Å²) < 4.78 is 5.74. The summed E-state index contributed by atoms with van der Waals surface area (Å²) in [5.74, 6) is -0.521. The molecule has 0 spiro atoms. The lowest BCUT2D eigenvalue weighted by atomic mass is 9.68. The highest BCUT2D eigenvalue weighted by Crippen LogP contribution is 2.42. The van der Waals surface area contributed by atoms with Crippen molar-refractivity contribution in [2.45, 2.75) is 50.0 Å². The van der Waals surface area contributed by atoms with Crippen LogP contribution in [0.2, 0.25) is 0 Å². The zero-order chi connectivity index (χ0) is 34.6. The third-order valence-corrected chi connectivity index (χ3v) is 9.79. The minimum Gasteiger partial charge on any atom is -0.374 e. The van der Waals surface area contributed by atoms with Gasteiger partial charge in [0, 0.05) is 30.6 Å². The molecule has 258 valence electrons. The zero-order valence-electron chi connectivity index (χ0n) is 28.1. The Morgan fingerprint density at radius 3 is 2.18 bits per heavy atom. The smallest absolute Gasteiger partial charge is 0.269 e. The number of nitrogens with one attached hydrogen (secondary N) is 1. The van der Waals surface area contributed by atoms with Gasteiger partial charge in [-0.1, -0.05) is 79.7 Å². The first kappa shape index (κ1) is 35.6. The molecular weight excluding hydrogens is 620 g/mol. The zero-order valence-corrected chi connectivity index (χ0v) is 28.1. The number of hydrogen-bond donors (Lipinski definition) is 2. The number of nitro groups is 1. The van der Waals surface area contributed by atoms with Crippen LogP contribution in [0.4, 0.5) is 5.69 Å². The molecule has 2 aliphatic rings. The Kier molecular flexibility index (Phi) is 12.4. The summed E-state index contributed by atoms with van der Waals surface area (Å²) in [6, 6.07) is 27.2. The van der Waals surface area contributed by atoms with Crippen molar-refractivity contribution in [2.24, 2.45) is 10.7 Å². The number of benzene rings is 3. The molecule has 11 nitrogen and oxygen atoms in total. The van der Waals surface area contributed by atoms with E-state index in [-0.39, 0.29) is 17.7 Å². The fourth-order valence-electron chi connectivity index (χ4n) is 7.35. The van der Waals surface area contributed by atoms with Gasteiger partial charge in [-0.05, 0) is 62.0 Å². The number of rotatable bonds is 17. The second-order valence-corrected chi connectivity index (χ2v) is 12.5. The molecule has 0 aromatic heterocycles. The van der Waals surface area contributed by atoms with E-state index in [1.165, 1.54) is 23.3 Å². The van der Waals surface area contributed by atoms with Crippen molar-refractivity contribution in [1.82, 2.24) is 15.1 Å². The number of amides is 2. The van der Waals surface area contributed by atoms with E-state index < -0.39 is 16.9 Å². The van der Waals surface area contributed by atoms with Crippen LogP contribution in [0, 0.1) is 10.1 Å². The van der Waals surface area contributed by atoms with Crippen LogP contribution in [0.15, 0.2) is 101 Å². The van der Waals surface area contributed by atoms with Gasteiger partial charge in [0.25, 0.3) is 5.69 Å². The van der Waals surface area contributed by atoms with Crippen LogP contribution in [0.25, 0.3) is 0 Å². The standard InChI is InChI=1S/C38H46N6O5/c1-2-33-37(35(29-14-16-32(17-15-29)44(47)48)36(40-27-45)34(41-33)26-49-25-20-39)43(28-46)22-9-21-42-23-18-38(19-24-42,30-10-5-3-6-11-30)31-12-7-4-8-13-31/h3-8,10-17,27-28,35-36H,2,9,18-26,39H2,1H3,(H,40,45). The summed E-state index contributed by atoms with van der Waals surface area (Å²) in [5, 5.41) is 14.3. The third kappa shape index (κ3) is 8.13. The van der Waals surface area contributed by atoms with E-state index in [1.54, 1.807) is 17.0 Å². The highest BCUT2D eigenvalue weighted by atomic mass is 16.6. The monoisotopic (exact) mass is 666 g/mol. The number of carbonyl (C=O) groups is 2. The summed E-state index contributed by atoms with van der Waals surface area (Å²) >= 11 is 0. The summed E-state index contributed by atoms with van der Waals surface area (Å²) in [5.41, 5.74) is 10.9. The number of allylic oxidation sites excluding steroid dienone is 1. The van der Waals surface area contributed by atoms with Gasteiger partial charge in [-0.2, -0.15) is 0 Å². The van der Waals surface area contributed by atoms with Crippen molar-refractivity contribution in [3.63, 3.8) is 0 Å². The minimum atomic E-state index is -0.629. The van der Waals surface area contributed by atoms with Crippen molar-refractivity contribution < 1.29 is 19.2 Å². The molecule has 5 rings (SSSR count). The van der Waals surface area contributed by atoms with Gasteiger partial charge in [0.15, 0.2) is 0 Å². The fourth-order valence-corrected chi connectivity index (χ4v) is 7.35. The SMILES string of the molecule is CCC1=C(N(C=O)CCCN2CCC(c3ccccc3)(c3ccccc3)CC2)C(c2ccc([N+](=O)[O-])cc2)C(NC=O)C(COCCN)=N1. The summed E-state index contributed by atoms with van der Waals surface area (Å²) in [7, 11) is 0. The highest BCUT2D eigenvalue weighted by molar-refractivity contribution is 5.95. The van der Waals surface area contributed by atoms with Gasteiger partial charge in [-0.3, -0.25) is 24.7 Å². The van der Waals surface area contributed by atoms with Crippen LogP contribution in [0.5, 0.6) is 0 Å². The van der Waals surface area contributed by atoms with E-state index >= 15 is 0 Å². The second-order valence-electron chi connectivity index (χ2n) is 12.5. The molecule has 3 N–H and O–H groups in total. The van der Waals surface area contributed by atoms with E-state index in [0.29, 0.717) is 49.6 Å². The lowest BCUT2D eigenvalue weighted by Gasteiger charge is -2.43. The third-order valence-electron chi connectivity index (χ3n) is 9.79. The summed E-state index contributed by atoms with van der Waals surface area (Å²) in [4.78, 5) is 44.8. The Hall–Kier alpha value is -4.71. The Morgan fingerprint density at radius 2 is 1.65 bits per heavy atom. The molecule has 49 heavy (non-hydrogen) atoms. The average molecular weight is 667 g/mol. The molecule has 2 heterocycles. The number of nitrogens with two attached hydrogens (primary N) is 1. The topological polar surface area (TPSA) is 143 Å². The number of aliphatic imine (C=N–C) groups is 1. The normalized spacial score (nSPS) is 19.2. The molecule has 11 heteroatoms. The Balaban J connectivity index is 1.36. The van der Waals surface area contributed by atoms with Gasteiger partial charge in [0.05, 0.1) is 47.2 Å². The van der Waals surface area contributed by atoms with Crippen LogP contribution in [-0.2, 0) is 19.7 Å². The molecule has 1 saturated heterocycles. The van der Waals surface area contributed by atoms with Crippen molar-refractivity contribution in [3.05, 3.63) is 123 Å². The Labute approximate surface area is 288 Å². The Bertz CT molecular complexity index is 1560. The van der Waals surface area contributed by atoms with E-state index in [4.69, 9.17) is 15.5 Å². The molecule has 1 fully saturated rings. The molecule has 3 aromatic rings. The fraction of sp³-hybridized carbons (Fsp3) is 0.395. The van der Waals surface area contributed by atoms with Crippen molar-refractivity contribution in [2.75, 3.05) is 45.9 Å². The van der Waals surface area contributed by atoms with Gasteiger partial charge in [-0.25, -0.2) is 0 Å². The number of nitro benzene ring substituents is 1. The van der Waals surface area contributed by atoms with Crippen LogP contribution in [-0.4, -0.2) is 85.2 Å². The lowest BCUT2D eigenvalue weighted by molar-refractivity contribution is -0.384. The van der Waals surface area contributed by atoms with Crippen LogP contribution >= 0.6 is 0 Å². The number of piperidine rings is 1. The largest absolute Gasteiger partial charge is 0.374 e. The van der Waals surface area contributed by atoms with Crippen molar-refractivity contribution in [3.8, 4) is 0 Å². The molecule has 0 radical (unpaired) electrons. The number of carbonyl (C=O) groups excluding carboxylic acids is 2. The minimum absolute atomic E-state index is 0.0427. The maximum absolute atomic E-state index is 12.8. The first-order valence-corrected chi connectivity index (χ1v) is 17.0. The molecule has 0 saturated carbocycles. The molecule has 2 amide bonds. The first-order valence-electron chi connectivity index (χ1n) is 17.0. The van der Waals surface area contributed by atoms with Crippen molar-refractivity contribution in [1.29, 1.82) is 0 Å². The molecule has 2 unspecified atom stereocenters. The maximum atomic E-state index is 12.8. The second kappa shape index (κ2) is 17.1. The number of hydrogen-bond acceptors (Lipinski definition) is 8. The summed E-state index contributed by atoms with van der Waals surface area (Å²) in [6.07, 6.45) is 4.70. The molecule has 3 aromatic carbocycles. The number of ether oxygens (including phenoxy) is 1. The number of non-ortho nitro benzene ring substituents is 1. The highest BCUT2D eigenvalue weighted by Gasteiger charge is 2.40. The van der Waals surface area contributed by atoms with Gasteiger partial charge in [0.2, 0.25) is 12.8 Å². The quantitative estimate of drug-likeness (QED) is 0.0914. The first-order chi connectivity index (χ1) is 23.9. The lowest BCUT2D eigenvalue weighted by Crippen LogP contribution is -2.48. The van der Waals surface area contributed by atoms with Gasteiger partial charge in [0.1, 0.15) is 0 Å². The molecule has 0 bridgehead atoms. The van der Waals surface area contributed by atoms with Gasteiger partial charge in [-0.15, -0.1) is 0 Å². The van der Waals surface area contributed by atoms with Crippen molar-refractivity contribution >= 4 is 24.2 Å². The molecular formula is C38H46N6O5. The summed E-state index contributed by atoms with van der Waals surface area (Å²) in [6.45, 7) is 5.91. The molecule has 2 atom stereocenters. The van der Waals surface area contributed by atoms with Gasteiger partial charge >= 0.3 is 0 Å². The van der Waals surface area contributed by atoms with E-state index in [1.807, 2.05) is 6.92 Å².